The van der Waals surface area contributed by atoms with Crippen molar-refractivity contribution >= 4 is 5.97 Å². The molecule has 19 heavy (non-hydrogen) atoms. The first kappa shape index (κ1) is 13.3. The standard InChI is InChI=1S/C13H12N2O2.C2H6/c1-17-13(16)11-6-8-2-3-9-7-14-5-4-10(9)12(8)15-11;1-2/h4-7,15H,2-3H2,1H3;1-2H3. The number of rotatable bonds is 1. The predicted octanol–water partition coefficient (Wildman–Crippen LogP) is 2.99. The van der Waals surface area contributed by atoms with Crippen LogP contribution in [0.4, 0.5) is 0 Å². The van der Waals surface area contributed by atoms with Gasteiger partial charge in [0.25, 0.3) is 0 Å². The van der Waals surface area contributed by atoms with Crippen molar-refractivity contribution in [2.75, 3.05) is 7.11 Å². The molecule has 0 amide bonds. The molecule has 0 saturated carbocycles. The average molecular weight is 258 g/mol. The summed E-state index contributed by atoms with van der Waals surface area (Å²) in [5.41, 5.74) is 5.06. The van der Waals surface area contributed by atoms with Crippen molar-refractivity contribution in [2.24, 2.45) is 0 Å². The van der Waals surface area contributed by atoms with Crippen molar-refractivity contribution in [2.45, 2.75) is 26.7 Å². The minimum absolute atomic E-state index is 0.324. The predicted molar refractivity (Wildman–Crippen MR) is 74.1 cm³/mol. The molecule has 3 rings (SSSR count). The number of fused-ring (bicyclic) bond motifs is 3. The van der Waals surface area contributed by atoms with E-state index in [9.17, 15) is 4.79 Å². The van der Waals surface area contributed by atoms with E-state index in [1.165, 1.54) is 18.2 Å². The van der Waals surface area contributed by atoms with E-state index in [1.807, 2.05) is 32.2 Å². The molecule has 1 aliphatic rings. The Balaban J connectivity index is 0.000000637. The third-order valence-electron chi connectivity index (χ3n) is 3.14. The minimum atomic E-state index is -0.324. The van der Waals surface area contributed by atoms with Crippen LogP contribution in [0.3, 0.4) is 0 Å². The Kier molecular flexibility index (Phi) is 4.00. The molecule has 0 unspecified atom stereocenters. The number of aryl methyl sites for hydroxylation is 2. The van der Waals surface area contributed by atoms with E-state index in [4.69, 9.17) is 4.74 Å². The first-order valence-corrected chi connectivity index (χ1v) is 6.53. The van der Waals surface area contributed by atoms with Crippen LogP contribution in [0.2, 0.25) is 0 Å². The lowest BCUT2D eigenvalue weighted by molar-refractivity contribution is 0.0595. The van der Waals surface area contributed by atoms with Gasteiger partial charge in [-0.15, -0.1) is 0 Å². The molecular formula is C15H18N2O2. The smallest absolute Gasteiger partial charge is 0.354 e. The van der Waals surface area contributed by atoms with Crippen molar-refractivity contribution in [3.63, 3.8) is 0 Å². The SMILES string of the molecule is CC.COC(=O)c1cc2c([nH]1)-c1ccncc1CC2. The summed E-state index contributed by atoms with van der Waals surface area (Å²) in [5, 5.41) is 0. The third kappa shape index (κ3) is 2.38. The minimum Gasteiger partial charge on any atom is -0.464 e. The number of carbonyl (C=O) groups excluding carboxylic acids is 1. The summed E-state index contributed by atoms with van der Waals surface area (Å²) in [6.07, 6.45) is 5.56. The van der Waals surface area contributed by atoms with Crippen molar-refractivity contribution in [1.29, 1.82) is 0 Å². The van der Waals surface area contributed by atoms with Gasteiger partial charge < -0.3 is 9.72 Å². The Morgan fingerprint density at radius 2 is 2.05 bits per heavy atom. The number of nitrogens with zero attached hydrogens (tertiary/aromatic N) is 1. The number of aromatic amines is 1. The topological polar surface area (TPSA) is 55.0 Å². The average Bonchev–Trinajstić information content (AvgIpc) is 2.93. The summed E-state index contributed by atoms with van der Waals surface area (Å²) in [5.74, 6) is -0.324. The summed E-state index contributed by atoms with van der Waals surface area (Å²) >= 11 is 0. The van der Waals surface area contributed by atoms with Crippen LogP contribution in [0.25, 0.3) is 11.3 Å². The Labute approximate surface area is 112 Å². The van der Waals surface area contributed by atoms with Gasteiger partial charge in [0.1, 0.15) is 5.69 Å². The third-order valence-corrected chi connectivity index (χ3v) is 3.14. The van der Waals surface area contributed by atoms with Gasteiger partial charge in [0.2, 0.25) is 0 Å². The Bertz CT molecular complexity index is 588. The van der Waals surface area contributed by atoms with E-state index in [0.717, 1.165) is 24.1 Å². The summed E-state index contributed by atoms with van der Waals surface area (Å²) in [7, 11) is 1.39. The first-order chi connectivity index (χ1) is 9.29. The zero-order valence-corrected chi connectivity index (χ0v) is 11.5. The molecular weight excluding hydrogens is 240 g/mol. The van der Waals surface area contributed by atoms with Crippen LogP contribution in [0.15, 0.2) is 24.5 Å². The Morgan fingerprint density at radius 1 is 1.32 bits per heavy atom. The largest absolute Gasteiger partial charge is 0.464 e. The maximum absolute atomic E-state index is 11.5. The van der Waals surface area contributed by atoms with Crippen molar-refractivity contribution in [3.8, 4) is 11.3 Å². The molecule has 0 saturated heterocycles. The van der Waals surface area contributed by atoms with Gasteiger partial charge in [0, 0.05) is 23.7 Å². The number of methoxy groups -OCH3 is 1. The van der Waals surface area contributed by atoms with Gasteiger partial charge in [-0.2, -0.15) is 0 Å². The van der Waals surface area contributed by atoms with E-state index in [2.05, 4.69) is 9.97 Å². The van der Waals surface area contributed by atoms with E-state index in [-0.39, 0.29) is 5.97 Å². The Hall–Kier alpha value is -2.10. The van der Waals surface area contributed by atoms with E-state index in [0.29, 0.717) is 5.69 Å². The van der Waals surface area contributed by atoms with Crippen molar-refractivity contribution in [3.05, 3.63) is 41.3 Å². The second-order valence-electron chi connectivity index (χ2n) is 4.11. The van der Waals surface area contributed by atoms with Crippen molar-refractivity contribution in [1.82, 2.24) is 9.97 Å². The summed E-state index contributed by atoms with van der Waals surface area (Å²) in [6, 6.07) is 3.86. The van der Waals surface area contributed by atoms with Crippen LogP contribution in [-0.2, 0) is 17.6 Å². The molecule has 0 fully saturated rings. The fourth-order valence-corrected chi connectivity index (χ4v) is 2.29. The lowest BCUT2D eigenvalue weighted by atomic mass is 9.92. The van der Waals surface area contributed by atoms with Crippen LogP contribution in [0.1, 0.15) is 35.5 Å². The summed E-state index contributed by atoms with van der Waals surface area (Å²) < 4.78 is 4.72. The second kappa shape index (κ2) is 5.69. The number of ether oxygens (including phenoxy) is 1. The van der Waals surface area contributed by atoms with Gasteiger partial charge in [-0.05, 0) is 36.1 Å². The number of nitrogens with one attached hydrogen (secondary N) is 1. The molecule has 4 nitrogen and oxygen atoms in total. The number of pyridine rings is 1. The number of aromatic nitrogens is 2. The molecule has 0 atom stereocenters. The van der Waals surface area contributed by atoms with E-state index < -0.39 is 0 Å². The second-order valence-corrected chi connectivity index (χ2v) is 4.11. The molecule has 0 radical (unpaired) electrons. The number of H-pyrrole nitrogens is 1. The molecule has 2 heterocycles. The highest BCUT2D eigenvalue weighted by atomic mass is 16.5. The summed E-state index contributed by atoms with van der Waals surface area (Å²) in [6.45, 7) is 4.00. The van der Waals surface area contributed by atoms with Crippen molar-refractivity contribution < 1.29 is 9.53 Å². The molecule has 0 aliphatic heterocycles. The molecule has 1 aliphatic carbocycles. The van der Waals surface area contributed by atoms with Crippen LogP contribution in [-0.4, -0.2) is 23.0 Å². The van der Waals surface area contributed by atoms with E-state index >= 15 is 0 Å². The highest BCUT2D eigenvalue weighted by Gasteiger charge is 2.20. The zero-order valence-electron chi connectivity index (χ0n) is 11.5. The first-order valence-electron chi connectivity index (χ1n) is 6.53. The van der Waals surface area contributed by atoms with Gasteiger partial charge in [-0.25, -0.2) is 4.79 Å². The fourth-order valence-electron chi connectivity index (χ4n) is 2.29. The van der Waals surface area contributed by atoms with Gasteiger partial charge in [0.15, 0.2) is 0 Å². The zero-order chi connectivity index (χ0) is 13.8. The maximum atomic E-state index is 11.5. The lowest BCUT2D eigenvalue weighted by Crippen LogP contribution is -2.02. The van der Waals surface area contributed by atoms with Gasteiger partial charge in [-0.3, -0.25) is 4.98 Å². The molecule has 2 aromatic rings. The van der Waals surface area contributed by atoms with Crippen LogP contribution < -0.4 is 0 Å². The molecule has 4 heteroatoms. The highest BCUT2D eigenvalue weighted by Crippen LogP contribution is 2.32. The van der Waals surface area contributed by atoms with Gasteiger partial charge in [-0.1, -0.05) is 13.8 Å². The maximum Gasteiger partial charge on any atom is 0.354 e. The van der Waals surface area contributed by atoms with Crippen LogP contribution >= 0.6 is 0 Å². The molecule has 1 N–H and O–H groups in total. The molecule has 0 aromatic carbocycles. The highest BCUT2D eigenvalue weighted by molar-refractivity contribution is 5.89. The van der Waals surface area contributed by atoms with Crippen LogP contribution in [0.5, 0.6) is 0 Å². The van der Waals surface area contributed by atoms with Crippen LogP contribution in [0, 0.1) is 0 Å². The molecule has 0 bridgehead atoms. The van der Waals surface area contributed by atoms with Gasteiger partial charge >= 0.3 is 5.97 Å². The number of hydrogen-bond donors (Lipinski definition) is 1. The number of carbonyl (C=O) groups is 1. The molecule has 0 spiro atoms. The number of hydrogen-bond acceptors (Lipinski definition) is 3. The fraction of sp³-hybridized carbons (Fsp3) is 0.333. The Morgan fingerprint density at radius 3 is 2.79 bits per heavy atom. The normalized spacial score (nSPS) is 11.7. The number of esters is 1. The molecule has 100 valence electrons. The van der Waals surface area contributed by atoms with E-state index in [1.54, 1.807) is 6.20 Å². The lowest BCUT2D eigenvalue weighted by Gasteiger charge is -2.14. The van der Waals surface area contributed by atoms with Gasteiger partial charge in [0.05, 0.1) is 7.11 Å². The summed E-state index contributed by atoms with van der Waals surface area (Å²) in [4.78, 5) is 18.7. The molecule has 2 aromatic heterocycles. The monoisotopic (exact) mass is 258 g/mol. The quantitative estimate of drug-likeness (QED) is 0.800.